The molecule has 0 spiro atoms. The molecule has 1 fully saturated rings. The number of ether oxygens (including phenoxy) is 2. The van der Waals surface area contributed by atoms with Gasteiger partial charge in [0.25, 0.3) is 0 Å². The lowest BCUT2D eigenvalue weighted by atomic mass is 9.95. The number of nitrogens with zero attached hydrogens (tertiary/aromatic N) is 2. The van der Waals surface area contributed by atoms with Crippen LogP contribution in [0.5, 0.6) is 11.5 Å². The van der Waals surface area contributed by atoms with Crippen LogP contribution < -0.4 is 25.0 Å². The van der Waals surface area contributed by atoms with Crippen molar-refractivity contribution < 1.29 is 19.1 Å². The van der Waals surface area contributed by atoms with Crippen LogP contribution >= 0.6 is 0 Å². The Labute approximate surface area is 205 Å². The SMILES string of the molecule is COc1ccc(OC)c(CNC(=O)C2CCN(c3cc(C)c4cc(NC(C)=O)ccc4n3)CC2)c1. The Morgan fingerprint density at radius 3 is 2.51 bits per heavy atom. The zero-order chi connectivity index (χ0) is 24.9. The van der Waals surface area contributed by atoms with Crippen molar-refractivity contribution in [1.29, 1.82) is 0 Å². The molecule has 0 unspecified atom stereocenters. The number of methoxy groups -OCH3 is 2. The number of piperidine rings is 1. The maximum absolute atomic E-state index is 12.9. The third-order valence-electron chi connectivity index (χ3n) is 6.45. The Balaban J connectivity index is 1.37. The Morgan fingerprint density at radius 2 is 1.83 bits per heavy atom. The first-order valence-corrected chi connectivity index (χ1v) is 11.8. The average Bonchev–Trinajstić information content (AvgIpc) is 2.87. The molecule has 184 valence electrons. The summed E-state index contributed by atoms with van der Waals surface area (Å²) in [6.45, 7) is 5.48. The van der Waals surface area contributed by atoms with E-state index in [2.05, 4.69) is 28.5 Å². The van der Waals surface area contributed by atoms with Crippen LogP contribution in [0.3, 0.4) is 0 Å². The molecule has 1 aromatic heterocycles. The van der Waals surface area contributed by atoms with Gasteiger partial charge in [-0.05, 0) is 67.8 Å². The molecule has 1 aliphatic heterocycles. The van der Waals surface area contributed by atoms with E-state index >= 15 is 0 Å². The molecule has 0 saturated carbocycles. The molecule has 0 aliphatic carbocycles. The van der Waals surface area contributed by atoms with E-state index in [0.29, 0.717) is 6.54 Å². The van der Waals surface area contributed by atoms with Gasteiger partial charge in [0, 0.05) is 49.1 Å². The summed E-state index contributed by atoms with van der Waals surface area (Å²) >= 11 is 0. The number of hydrogen-bond donors (Lipinski definition) is 2. The normalized spacial score (nSPS) is 14.0. The van der Waals surface area contributed by atoms with Gasteiger partial charge in [-0.2, -0.15) is 0 Å². The summed E-state index contributed by atoms with van der Waals surface area (Å²) < 4.78 is 10.7. The molecule has 3 aromatic rings. The fraction of sp³-hybridized carbons (Fsp3) is 0.370. The molecule has 4 rings (SSSR count). The maximum atomic E-state index is 12.9. The van der Waals surface area contributed by atoms with E-state index in [1.165, 1.54) is 6.92 Å². The van der Waals surface area contributed by atoms with E-state index in [1.807, 2.05) is 36.4 Å². The first-order valence-electron chi connectivity index (χ1n) is 11.8. The molecule has 0 bridgehead atoms. The Kier molecular flexibility index (Phi) is 7.39. The van der Waals surface area contributed by atoms with Crippen molar-refractivity contribution in [1.82, 2.24) is 10.3 Å². The number of anilines is 2. The molecule has 2 heterocycles. The molecular weight excluding hydrogens is 444 g/mol. The Bertz CT molecular complexity index is 1240. The van der Waals surface area contributed by atoms with Crippen molar-refractivity contribution in [3.8, 4) is 11.5 Å². The van der Waals surface area contributed by atoms with Crippen LogP contribution in [0.1, 0.15) is 30.9 Å². The van der Waals surface area contributed by atoms with E-state index in [9.17, 15) is 9.59 Å². The number of aromatic nitrogens is 1. The van der Waals surface area contributed by atoms with E-state index in [1.54, 1.807) is 14.2 Å². The topological polar surface area (TPSA) is 92.8 Å². The number of aryl methyl sites for hydroxylation is 1. The molecule has 8 heteroatoms. The summed E-state index contributed by atoms with van der Waals surface area (Å²) in [6, 6.07) is 13.4. The highest BCUT2D eigenvalue weighted by Crippen LogP contribution is 2.29. The molecule has 0 radical (unpaired) electrons. The quantitative estimate of drug-likeness (QED) is 0.535. The molecule has 2 N–H and O–H groups in total. The number of rotatable bonds is 7. The highest BCUT2D eigenvalue weighted by atomic mass is 16.5. The summed E-state index contributed by atoms with van der Waals surface area (Å²) in [5.74, 6) is 2.30. The minimum atomic E-state index is -0.0962. The van der Waals surface area contributed by atoms with Crippen molar-refractivity contribution in [2.24, 2.45) is 5.92 Å². The number of nitrogens with one attached hydrogen (secondary N) is 2. The van der Waals surface area contributed by atoms with E-state index in [0.717, 1.165) is 71.0 Å². The third kappa shape index (κ3) is 5.65. The molecule has 2 aromatic carbocycles. The fourth-order valence-corrected chi connectivity index (χ4v) is 4.54. The van der Waals surface area contributed by atoms with Gasteiger partial charge in [-0.1, -0.05) is 0 Å². The lowest BCUT2D eigenvalue weighted by Crippen LogP contribution is -2.40. The van der Waals surface area contributed by atoms with Crippen LogP contribution in [0, 0.1) is 12.8 Å². The second-order valence-corrected chi connectivity index (χ2v) is 8.87. The number of benzene rings is 2. The van der Waals surface area contributed by atoms with Gasteiger partial charge in [0.1, 0.15) is 17.3 Å². The van der Waals surface area contributed by atoms with Crippen LogP contribution in [-0.2, 0) is 16.1 Å². The number of fused-ring (bicyclic) bond motifs is 1. The van der Waals surface area contributed by atoms with Gasteiger partial charge < -0.3 is 25.0 Å². The fourth-order valence-electron chi connectivity index (χ4n) is 4.54. The van der Waals surface area contributed by atoms with Gasteiger partial charge in [0.2, 0.25) is 11.8 Å². The van der Waals surface area contributed by atoms with Crippen LogP contribution in [-0.4, -0.2) is 44.1 Å². The van der Waals surface area contributed by atoms with Crippen molar-refractivity contribution in [3.63, 3.8) is 0 Å². The standard InChI is InChI=1S/C27H32N4O4/c1-17-13-26(30-24-7-5-21(15-23(17)24)29-18(2)32)31-11-9-19(10-12-31)27(33)28-16-20-14-22(34-3)6-8-25(20)35-4/h5-8,13-15,19H,9-12,16H2,1-4H3,(H,28,33)(H,29,32). The molecule has 0 atom stereocenters. The van der Waals surface area contributed by atoms with Crippen LogP contribution in [0.25, 0.3) is 10.9 Å². The molecule has 8 nitrogen and oxygen atoms in total. The summed E-state index contributed by atoms with van der Waals surface area (Å²) in [6.07, 6.45) is 1.53. The summed E-state index contributed by atoms with van der Waals surface area (Å²) in [5.41, 5.74) is 3.64. The average molecular weight is 477 g/mol. The molecule has 1 aliphatic rings. The predicted molar refractivity (Wildman–Crippen MR) is 137 cm³/mol. The number of carbonyl (C=O) groups is 2. The van der Waals surface area contributed by atoms with Crippen molar-refractivity contribution in [3.05, 3.63) is 53.6 Å². The van der Waals surface area contributed by atoms with Gasteiger partial charge >= 0.3 is 0 Å². The minimum Gasteiger partial charge on any atom is -0.497 e. The molecular formula is C27H32N4O4. The highest BCUT2D eigenvalue weighted by Gasteiger charge is 2.26. The Hall–Kier alpha value is -3.81. The van der Waals surface area contributed by atoms with Crippen molar-refractivity contribution in [2.45, 2.75) is 33.2 Å². The zero-order valence-corrected chi connectivity index (χ0v) is 20.7. The van der Waals surface area contributed by atoms with Crippen LogP contribution in [0.4, 0.5) is 11.5 Å². The minimum absolute atomic E-state index is 0.0374. The predicted octanol–water partition coefficient (Wildman–Crippen LogP) is 4.05. The van der Waals surface area contributed by atoms with Gasteiger partial charge in [0.15, 0.2) is 0 Å². The monoisotopic (exact) mass is 476 g/mol. The molecule has 2 amide bonds. The Morgan fingerprint density at radius 1 is 1.06 bits per heavy atom. The van der Waals surface area contributed by atoms with Gasteiger partial charge in [0.05, 0.1) is 19.7 Å². The number of amides is 2. The highest BCUT2D eigenvalue weighted by molar-refractivity contribution is 5.93. The van der Waals surface area contributed by atoms with Gasteiger partial charge in [-0.3, -0.25) is 9.59 Å². The van der Waals surface area contributed by atoms with E-state index in [4.69, 9.17) is 14.5 Å². The van der Waals surface area contributed by atoms with Crippen molar-refractivity contribution >= 4 is 34.2 Å². The maximum Gasteiger partial charge on any atom is 0.223 e. The number of carbonyl (C=O) groups excluding carboxylic acids is 2. The lowest BCUT2D eigenvalue weighted by molar-refractivity contribution is -0.125. The summed E-state index contributed by atoms with van der Waals surface area (Å²) in [7, 11) is 3.24. The molecule has 1 saturated heterocycles. The molecule has 35 heavy (non-hydrogen) atoms. The smallest absolute Gasteiger partial charge is 0.223 e. The largest absolute Gasteiger partial charge is 0.497 e. The van der Waals surface area contributed by atoms with Crippen LogP contribution in [0.15, 0.2) is 42.5 Å². The van der Waals surface area contributed by atoms with Gasteiger partial charge in [-0.25, -0.2) is 4.98 Å². The lowest BCUT2D eigenvalue weighted by Gasteiger charge is -2.32. The zero-order valence-electron chi connectivity index (χ0n) is 20.7. The first kappa shape index (κ1) is 24.3. The second kappa shape index (κ2) is 10.6. The van der Waals surface area contributed by atoms with Crippen molar-refractivity contribution in [2.75, 3.05) is 37.5 Å². The third-order valence-corrected chi connectivity index (χ3v) is 6.45. The van der Waals surface area contributed by atoms with E-state index in [-0.39, 0.29) is 17.7 Å². The van der Waals surface area contributed by atoms with Crippen LogP contribution in [0.2, 0.25) is 0 Å². The number of hydrogen-bond acceptors (Lipinski definition) is 6. The van der Waals surface area contributed by atoms with E-state index < -0.39 is 0 Å². The summed E-state index contributed by atoms with van der Waals surface area (Å²) in [4.78, 5) is 31.3. The number of pyridine rings is 1. The first-order chi connectivity index (χ1) is 16.9. The summed E-state index contributed by atoms with van der Waals surface area (Å²) in [5, 5.41) is 6.90. The van der Waals surface area contributed by atoms with Gasteiger partial charge in [-0.15, -0.1) is 0 Å². The second-order valence-electron chi connectivity index (χ2n) is 8.87.